The highest BCUT2D eigenvalue weighted by molar-refractivity contribution is 5.98. The molecule has 3 atom stereocenters. The van der Waals surface area contributed by atoms with E-state index in [0.29, 0.717) is 24.9 Å². The molecule has 5 heteroatoms. The molecule has 0 aromatic heterocycles. The highest BCUT2D eigenvalue weighted by atomic mass is 16.3. The first-order valence-electron chi connectivity index (χ1n) is 12.5. The van der Waals surface area contributed by atoms with Crippen LogP contribution < -0.4 is 0 Å². The first-order chi connectivity index (χ1) is 16.8. The third kappa shape index (κ3) is 4.13. The van der Waals surface area contributed by atoms with E-state index in [1.54, 1.807) is 12.1 Å². The molecule has 3 unspecified atom stereocenters. The van der Waals surface area contributed by atoms with Crippen LogP contribution in [-0.2, 0) is 5.41 Å². The van der Waals surface area contributed by atoms with Gasteiger partial charge in [0.2, 0.25) is 0 Å². The number of benzene rings is 3. The largest absolute Gasteiger partial charge is 0.508 e. The Bertz CT molecular complexity index is 1260. The lowest BCUT2D eigenvalue weighted by atomic mass is 9.55. The van der Waals surface area contributed by atoms with Crippen molar-refractivity contribution in [3.63, 3.8) is 0 Å². The first-order valence-corrected chi connectivity index (χ1v) is 12.5. The van der Waals surface area contributed by atoms with E-state index in [2.05, 4.69) is 11.5 Å². The smallest absolute Gasteiger partial charge is 0.253 e. The lowest BCUT2D eigenvalue weighted by Gasteiger charge is -2.59. The molecule has 2 N–H and O–H groups in total. The van der Waals surface area contributed by atoms with E-state index in [1.807, 2.05) is 72.6 Å². The normalized spacial score (nSPS) is 26.7. The predicted octanol–water partition coefficient (Wildman–Crippen LogP) is 4.73. The van der Waals surface area contributed by atoms with Crippen LogP contribution >= 0.6 is 0 Å². The molecule has 0 radical (unpaired) electrons. The Morgan fingerprint density at radius 2 is 1.91 bits per heavy atom. The topological polar surface area (TPSA) is 64.0 Å². The molecule has 35 heavy (non-hydrogen) atoms. The number of nitrogens with zero attached hydrogens (tertiary/aromatic N) is 2. The highest BCUT2D eigenvalue weighted by Crippen LogP contribution is 2.52. The highest BCUT2D eigenvalue weighted by Gasteiger charge is 2.58. The summed E-state index contributed by atoms with van der Waals surface area (Å²) in [7, 11) is 1.88. The van der Waals surface area contributed by atoms with Gasteiger partial charge >= 0.3 is 0 Å². The van der Waals surface area contributed by atoms with Crippen LogP contribution in [-0.4, -0.2) is 64.2 Å². The van der Waals surface area contributed by atoms with Crippen molar-refractivity contribution in [1.29, 1.82) is 0 Å². The fourth-order valence-corrected chi connectivity index (χ4v) is 6.40. The van der Waals surface area contributed by atoms with Gasteiger partial charge in [0.05, 0.1) is 5.60 Å². The van der Waals surface area contributed by atoms with Gasteiger partial charge in [0.15, 0.2) is 0 Å². The zero-order valence-corrected chi connectivity index (χ0v) is 20.4. The van der Waals surface area contributed by atoms with Gasteiger partial charge in [-0.15, -0.1) is 6.58 Å². The number of hydrogen-bond donors (Lipinski definition) is 2. The fourth-order valence-electron chi connectivity index (χ4n) is 6.40. The van der Waals surface area contributed by atoms with Crippen molar-refractivity contribution in [1.82, 2.24) is 9.80 Å². The lowest BCUT2D eigenvalue weighted by molar-refractivity contribution is -0.130. The fraction of sp³-hybridized carbons (Fsp3) is 0.367. The molecule has 0 spiro atoms. The number of rotatable bonds is 5. The van der Waals surface area contributed by atoms with E-state index >= 15 is 0 Å². The second-order valence-corrected chi connectivity index (χ2v) is 10.3. The maximum atomic E-state index is 13.6. The van der Waals surface area contributed by atoms with Gasteiger partial charge in [-0.25, -0.2) is 0 Å². The number of aliphatic hydroxyl groups is 1. The Morgan fingerprint density at radius 1 is 1.11 bits per heavy atom. The molecule has 3 aromatic rings. The van der Waals surface area contributed by atoms with E-state index in [0.717, 1.165) is 42.3 Å². The maximum absolute atomic E-state index is 13.6. The molecular weight excluding hydrogens is 436 g/mol. The number of hydrogen-bond acceptors (Lipinski definition) is 4. The minimum atomic E-state index is -0.939. The van der Waals surface area contributed by atoms with Crippen LogP contribution in [0.4, 0.5) is 0 Å². The summed E-state index contributed by atoms with van der Waals surface area (Å²) in [6.07, 6.45) is 4.62. The minimum absolute atomic E-state index is 0.00125. The van der Waals surface area contributed by atoms with Crippen molar-refractivity contribution in [2.24, 2.45) is 0 Å². The molecular formula is C30H34N2O3. The second-order valence-electron chi connectivity index (χ2n) is 10.3. The summed E-state index contributed by atoms with van der Waals surface area (Å²) in [4.78, 5) is 17.7. The Balaban J connectivity index is 1.46. The Hall–Kier alpha value is -3.15. The van der Waals surface area contributed by atoms with E-state index < -0.39 is 11.0 Å². The summed E-state index contributed by atoms with van der Waals surface area (Å²) >= 11 is 0. The van der Waals surface area contributed by atoms with Crippen molar-refractivity contribution >= 4 is 16.7 Å². The number of β-amino-alcohol motifs (C(OH)–C–C–N with tert-alkyl or cyclic N) is 1. The number of carbonyl (C=O) groups is 1. The van der Waals surface area contributed by atoms with E-state index in [1.165, 1.54) is 0 Å². The SMILES string of the molecule is C=CCN1CCC2(c3cccc(O)c3)CC(N(C)C(=O)c3ccc4ccccc4c3)CCC2(O)C1. The molecule has 1 heterocycles. The molecule has 1 saturated carbocycles. The zero-order valence-electron chi connectivity index (χ0n) is 20.4. The summed E-state index contributed by atoms with van der Waals surface area (Å²) in [5.74, 6) is 0.205. The van der Waals surface area contributed by atoms with Crippen LogP contribution in [0.5, 0.6) is 5.75 Å². The van der Waals surface area contributed by atoms with Crippen LogP contribution in [0.1, 0.15) is 41.6 Å². The van der Waals surface area contributed by atoms with E-state index in [4.69, 9.17) is 0 Å². The van der Waals surface area contributed by atoms with Gasteiger partial charge in [0, 0.05) is 37.2 Å². The first kappa shape index (κ1) is 23.6. The third-order valence-corrected chi connectivity index (χ3v) is 8.36. The van der Waals surface area contributed by atoms with Crippen LogP contribution in [0, 0.1) is 0 Å². The van der Waals surface area contributed by atoms with Crippen molar-refractivity contribution < 1.29 is 15.0 Å². The van der Waals surface area contributed by atoms with Crippen molar-refractivity contribution in [2.75, 3.05) is 26.7 Å². The van der Waals surface area contributed by atoms with Crippen LogP contribution in [0.2, 0.25) is 0 Å². The Labute approximate surface area is 207 Å². The van der Waals surface area contributed by atoms with Gasteiger partial charge < -0.3 is 15.1 Å². The molecule has 1 aliphatic heterocycles. The van der Waals surface area contributed by atoms with Crippen LogP contribution in [0.15, 0.2) is 79.4 Å². The van der Waals surface area contributed by atoms with Gasteiger partial charge in [-0.3, -0.25) is 9.69 Å². The molecule has 3 aromatic carbocycles. The van der Waals surface area contributed by atoms with Crippen LogP contribution in [0.25, 0.3) is 10.8 Å². The van der Waals surface area contributed by atoms with Crippen LogP contribution in [0.3, 0.4) is 0 Å². The summed E-state index contributed by atoms with van der Waals surface area (Å²) < 4.78 is 0. The third-order valence-electron chi connectivity index (χ3n) is 8.36. The number of phenolic OH excluding ortho intramolecular Hbond substituents is 1. The number of piperidine rings is 1. The molecule has 1 aliphatic carbocycles. The van der Waals surface area contributed by atoms with E-state index in [-0.39, 0.29) is 17.7 Å². The Morgan fingerprint density at radius 3 is 2.69 bits per heavy atom. The predicted molar refractivity (Wildman–Crippen MR) is 140 cm³/mol. The second kappa shape index (κ2) is 9.14. The molecule has 5 rings (SSSR count). The monoisotopic (exact) mass is 470 g/mol. The number of amides is 1. The molecule has 2 fully saturated rings. The van der Waals surface area contributed by atoms with Gasteiger partial charge in [-0.1, -0.05) is 48.5 Å². The quantitative estimate of drug-likeness (QED) is 0.529. The van der Waals surface area contributed by atoms with Crippen molar-refractivity contribution in [2.45, 2.75) is 42.7 Å². The average molecular weight is 471 g/mol. The van der Waals surface area contributed by atoms with Gasteiger partial charge in [-0.05, 0) is 72.8 Å². The number of fused-ring (bicyclic) bond motifs is 2. The molecule has 2 aliphatic rings. The molecule has 5 nitrogen and oxygen atoms in total. The maximum Gasteiger partial charge on any atom is 0.253 e. The molecule has 0 bridgehead atoms. The van der Waals surface area contributed by atoms with Gasteiger partial charge in [-0.2, -0.15) is 0 Å². The summed E-state index contributed by atoms with van der Waals surface area (Å²) in [5, 5.41) is 24.5. The number of carbonyl (C=O) groups excluding carboxylic acids is 1. The molecule has 1 saturated heterocycles. The number of phenols is 1. The van der Waals surface area contributed by atoms with Gasteiger partial charge in [0.25, 0.3) is 5.91 Å². The lowest BCUT2D eigenvalue weighted by Crippen LogP contribution is -2.67. The Kier molecular flexibility index (Phi) is 6.16. The van der Waals surface area contributed by atoms with Crippen molar-refractivity contribution in [3.8, 4) is 5.75 Å². The minimum Gasteiger partial charge on any atom is -0.508 e. The molecule has 1 amide bonds. The summed E-state index contributed by atoms with van der Waals surface area (Å²) in [5.41, 5.74) is 0.157. The van der Waals surface area contributed by atoms with E-state index in [9.17, 15) is 15.0 Å². The number of likely N-dealkylation sites (tertiary alicyclic amines) is 1. The van der Waals surface area contributed by atoms with Crippen molar-refractivity contribution in [3.05, 3.63) is 90.5 Å². The standard InChI is InChI=1S/C30H34N2O3/c1-3-16-32-17-15-29(25-9-6-10-27(33)19-25)20-26(13-14-30(29,35)21-32)31(2)28(34)24-12-11-22-7-4-5-8-23(22)18-24/h3-12,18-19,26,33,35H,1,13-17,20-21H2,2H3. The summed E-state index contributed by atoms with van der Waals surface area (Å²) in [6, 6.07) is 21.2. The number of aromatic hydroxyl groups is 1. The van der Waals surface area contributed by atoms with Gasteiger partial charge in [0.1, 0.15) is 5.75 Å². The summed E-state index contributed by atoms with van der Waals surface area (Å²) in [6.45, 7) is 6.00. The average Bonchev–Trinajstić information content (AvgIpc) is 2.87. The molecule has 182 valence electrons. The zero-order chi connectivity index (χ0) is 24.6.